The van der Waals surface area contributed by atoms with Gasteiger partial charge in [-0.3, -0.25) is 14.4 Å². The van der Waals surface area contributed by atoms with Crippen LogP contribution < -0.4 is 5.32 Å². The Morgan fingerprint density at radius 3 is 2.22 bits per heavy atom. The molecule has 18 heavy (non-hydrogen) atoms. The highest BCUT2D eigenvalue weighted by molar-refractivity contribution is 5.79. The van der Waals surface area contributed by atoms with E-state index >= 15 is 0 Å². The largest absolute Gasteiger partial charge is 0.481 e. The highest BCUT2D eigenvalue weighted by Gasteiger charge is 2.26. The van der Waals surface area contributed by atoms with E-state index in [9.17, 15) is 14.4 Å². The summed E-state index contributed by atoms with van der Waals surface area (Å²) in [5.41, 5.74) is -0.579. The maximum Gasteiger partial charge on any atom is 0.303 e. The molecule has 0 saturated heterocycles. The van der Waals surface area contributed by atoms with Crippen LogP contribution >= 0.6 is 0 Å². The van der Waals surface area contributed by atoms with E-state index in [0.717, 1.165) is 0 Å². The first-order valence-electron chi connectivity index (χ1n) is 5.84. The lowest BCUT2D eigenvalue weighted by Crippen LogP contribution is -2.34. The van der Waals surface area contributed by atoms with Crippen molar-refractivity contribution in [3.63, 3.8) is 0 Å². The van der Waals surface area contributed by atoms with Crippen molar-refractivity contribution < 1.29 is 19.5 Å². The van der Waals surface area contributed by atoms with Gasteiger partial charge in [-0.05, 0) is 5.41 Å². The van der Waals surface area contributed by atoms with Crippen molar-refractivity contribution in [2.75, 3.05) is 20.6 Å². The molecule has 0 unspecified atom stereocenters. The third-order valence-corrected chi connectivity index (χ3v) is 2.64. The van der Waals surface area contributed by atoms with Gasteiger partial charge in [-0.15, -0.1) is 0 Å². The fraction of sp³-hybridized carbons (Fsp3) is 0.750. The minimum Gasteiger partial charge on any atom is -0.481 e. The molecule has 0 rings (SSSR count). The Morgan fingerprint density at radius 1 is 1.22 bits per heavy atom. The van der Waals surface area contributed by atoms with Crippen LogP contribution in [0.15, 0.2) is 0 Å². The summed E-state index contributed by atoms with van der Waals surface area (Å²) in [6.45, 7) is 3.82. The number of carboxylic acids is 1. The molecule has 0 atom stereocenters. The highest BCUT2D eigenvalue weighted by Crippen LogP contribution is 2.25. The molecule has 0 aliphatic carbocycles. The topological polar surface area (TPSA) is 86.7 Å². The Hall–Kier alpha value is -1.59. The predicted molar refractivity (Wildman–Crippen MR) is 67.0 cm³/mol. The van der Waals surface area contributed by atoms with Gasteiger partial charge in [0.2, 0.25) is 11.8 Å². The first kappa shape index (κ1) is 16.4. The number of nitrogens with one attached hydrogen (secondary N) is 1. The zero-order chi connectivity index (χ0) is 14.3. The lowest BCUT2D eigenvalue weighted by atomic mass is 9.85. The Bertz CT molecular complexity index is 326. The first-order valence-corrected chi connectivity index (χ1v) is 5.84. The van der Waals surface area contributed by atoms with E-state index in [1.807, 2.05) is 0 Å². The van der Waals surface area contributed by atoms with E-state index in [2.05, 4.69) is 5.32 Å². The van der Waals surface area contributed by atoms with Crippen LogP contribution in [0.25, 0.3) is 0 Å². The Labute approximate surface area is 107 Å². The Balaban J connectivity index is 4.22. The quantitative estimate of drug-likeness (QED) is 0.695. The van der Waals surface area contributed by atoms with Crippen molar-refractivity contribution >= 4 is 17.8 Å². The number of carbonyl (C=O) groups excluding carboxylic acids is 2. The fourth-order valence-electron chi connectivity index (χ4n) is 1.54. The molecule has 0 aromatic carbocycles. The summed E-state index contributed by atoms with van der Waals surface area (Å²) in [6, 6.07) is 0. The van der Waals surface area contributed by atoms with Crippen LogP contribution in [-0.4, -0.2) is 48.4 Å². The van der Waals surface area contributed by atoms with Gasteiger partial charge in [0.25, 0.3) is 0 Å². The van der Waals surface area contributed by atoms with Gasteiger partial charge in [0.05, 0.1) is 6.42 Å². The fourth-order valence-corrected chi connectivity index (χ4v) is 1.54. The molecule has 0 saturated carbocycles. The molecule has 0 radical (unpaired) electrons. The van der Waals surface area contributed by atoms with Crippen molar-refractivity contribution in [1.82, 2.24) is 10.2 Å². The van der Waals surface area contributed by atoms with Crippen LogP contribution in [0.5, 0.6) is 0 Å². The summed E-state index contributed by atoms with van der Waals surface area (Å²) in [5, 5.41) is 11.2. The lowest BCUT2D eigenvalue weighted by Gasteiger charge is -2.25. The molecule has 0 bridgehead atoms. The third-order valence-electron chi connectivity index (χ3n) is 2.64. The van der Waals surface area contributed by atoms with E-state index in [-0.39, 0.29) is 31.1 Å². The maximum absolute atomic E-state index is 11.8. The van der Waals surface area contributed by atoms with Gasteiger partial charge in [0, 0.05) is 33.5 Å². The number of carbonyl (C=O) groups is 3. The van der Waals surface area contributed by atoms with Crippen molar-refractivity contribution in [1.29, 1.82) is 0 Å². The monoisotopic (exact) mass is 258 g/mol. The summed E-state index contributed by atoms with van der Waals surface area (Å²) in [4.78, 5) is 35.0. The number of nitrogens with zero attached hydrogens (tertiary/aromatic N) is 1. The SMILES string of the molecule is CNC(=O)CCN(C)C(=O)CC(C)(C)CC(=O)O. The normalized spacial score (nSPS) is 10.9. The molecule has 0 heterocycles. The minimum absolute atomic E-state index is 0.0535. The molecule has 2 amide bonds. The number of hydrogen-bond acceptors (Lipinski definition) is 3. The van der Waals surface area contributed by atoms with Crippen LogP contribution in [0, 0.1) is 5.41 Å². The first-order chi connectivity index (χ1) is 8.18. The van der Waals surface area contributed by atoms with Gasteiger partial charge in [0.1, 0.15) is 0 Å². The van der Waals surface area contributed by atoms with Gasteiger partial charge in [-0.2, -0.15) is 0 Å². The van der Waals surface area contributed by atoms with Crippen molar-refractivity contribution in [2.24, 2.45) is 5.41 Å². The Morgan fingerprint density at radius 2 is 1.78 bits per heavy atom. The molecule has 0 fully saturated rings. The number of carboxylic acid groups (broad SMARTS) is 1. The molecule has 6 nitrogen and oxygen atoms in total. The third kappa shape index (κ3) is 6.88. The molecule has 0 spiro atoms. The number of amides is 2. The van der Waals surface area contributed by atoms with Crippen LogP contribution in [0.3, 0.4) is 0 Å². The van der Waals surface area contributed by atoms with E-state index in [1.165, 1.54) is 4.90 Å². The molecule has 104 valence electrons. The Kier molecular flexibility index (Phi) is 6.36. The summed E-state index contributed by atoms with van der Waals surface area (Å²) in [5.74, 6) is -1.19. The van der Waals surface area contributed by atoms with E-state index in [4.69, 9.17) is 5.11 Å². The number of rotatable bonds is 7. The highest BCUT2D eigenvalue weighted by atomic mass is 16.4. The van der Waals surface area contributed by atoms with Crippen molar-refractivity contribution in [3.8, 4) is 0 Å². The average Bonchev–Trinajstić information content (AvgIpc) is 2.22. The van der Waals surface area contributed by atoms with Gasteiger partial charge >= 0.3 is 5.97 Å². The second kappa shape index (κ2) is 6.98. The van der Waals surface area contributed by atoms with Crippen LogP contribution in [0.2, 0.25) is 0 Å². The molecular weight excluding hydrogens is 236 g/mol. The molecule has 0 aromatic rings. The summed E-state index contributed by atoms with van der Waals surface area (Å²) >= 11 is 0. The van der Waals surface area contributed by atoms with Gasteiger partial charge in [0.15, 0.2) is 0 Å². The minimum atomic E-state index is -0.916. The maximum atomic E-state index is 11.8. The summed E-state index contributed by atoms with van der Waals surface area (Å²) in [7, 11) is 3.16. The van der Waals surface area contributed by atoms with Gasteiger partial charge < -0.3 is 15.3 Å². The zero-order valence-electron chi connectivity index (χ0n) is 11.4. The lowest BCUT2D eigenvalue weighted by molar-refractivity contribution is -0.140. The van der Waals surface area contributed by atoms with Crippen LogP contribution in [0.4, 0.5) is 0 Å². The molecule has 0 aromatic heterocycles. The van der Waals surface area contributed by atoms with E-state index in [0.29, 0.717) is 6.54 Å². The second-order valence-corrected chi connectivity index (χ2v) is 5.15. The van der Waals surface area contributed by atoms with Crippen molar-refractivity contribution in [3.05, 3.63) is 0 Å². The molecule has 0 aliphatic heterocycles. The number of aliphatic carboxylic acids is 1. The molecular formula is C12H22N2O4. The standard InChI is InChI=1S/C12H22N2O4/c1-12(2,8-11(17)18)7-10(16)14(4)6-5-9(15)13-3/h5-8H2,1-4H3,(H,13,15)(H,17,18). The van der Waals surface area contributed by atoms with Crippen LogP contribution in [-0.2, 0) is 14.4 Å². The smallest absolute Gasteiger partial charge is 0.303 e. The predicted octanol–water partition coefficient (Wildman–Crippen LogP) is 0.472. The van der Waals surface area contributed by atoms with Crippen LogP contribution in [0.1, 0.15) is 33.1 Å². The van der Waals surface area contributed by atoms with E-state index < -0.39 is 11.4 Å². The summed E-state index contributed by atoms with van der Waals surface area (Å²) in [6.07, 6.45) is 0.351. The molecule has 0 aliphatic rings. The molecule has 6 heteroatoms. The zero-order valence-corrected chi connectivity index (χ0v) is 11.4. The van der Waals surface area contributed by atoms with E-state index in [1.54, 1.807) is 27.9 Å². The molecule has 2 N–H and O–H groups in total. The van der Waals surface area contributed by atoms with Gasteiger partial charge in [-0.1, -0.05) is 13.8 Å². The van der Waals surface area contributed by atoms with Gasteiger partial charge in [-0.25, -0.2) is 0 Å². The average molecular weight is 258 g/mol. The second-order valence-electron chi connectivity index (χ2n) is 5.15. The number of hydrogen-bond donors (Lipinski definition) is 2. The summed E-state index contributed by atoms with van der Waals surface area (Å²) < 4.78 is 0. The van der Waals surface area contributed by atoms with Crippen molar-refractivity contribution in [2.45, 2.75) is 33.1 Å².